The number of sulfonamides is 1. The molecule has 3 rings (SSSR count). The third-order valence-corrected chi connectivity index (χ3v) is 7.65. The van der Waals surface area contributed by atoms with Crippen LogP contribution in [0.3, 0.4) is 0 Å². The van der Waals surface area contributed by atoms with E-state index in [0.717, 1.165) is 36.0 Å². The minimum absolute atomic E-state index is 0.0300. The first-order valence-electron chi connectivity index (χ1n) is 10.2. The van der Waals surface area contributed by atoms with Gasteiger partial charge >= 0.3 is 0 Å². The molecule has 2 aromatic rings. The maximum atomic E-state index is 13.2. The Morgan fingerprint density at radius 2 is 1.74 bits per heavy atom. The predicted molar refractivity (Wildman–Crippen MR) is 123 cm³/mol. The van der Waals surface area contributed by atoms with E-state index >= 15 is 0 Å². The highest BCUT2D eigenvalue weighted by Gasteiger charge is 2.24. The molecule has 1 aliphatic rings. The lowest BCUT2D eigenvalue weighted by atomic mass is 10.0. The molecule has 1 aliphatic heterocycles. The highest BCUT2D eigenvalue weighted by Crippen LogP contribution is 2.24. The number of carbonyl (C=O) groups is 1. The number of piperazine rings is 1. The van der Waals surface area contributed by atoms with E-state index in [1.54, 1.807) is 0 Å². The second-order valence-corrected chi connectivity index (χ2v) is 10.5. The van der Waals surface area contributed by atoms with Crippen molar-refractivity contribution in [3.8, 4) is 0 Å². The smallest absolute Gasteiger partial charge is 0.253 e. The van der Waals surface area contributed by atoms with E-state index in [0.29, 0.717) is 6.54 Å². The average molecular weight is 465 g/mol. The lowest BCUT2D eigenvalue weighted by Crippen LogP contribution is -2.47. The van der Waals surface area contributed by atoms with Crippen molar-refractivity contribution in [1.29, 1.82) is 0 Å². The Kier molecular flexibility index (Phi) is 7.72. The monoisotopic (exact) mass is 464 g/mol. The second-order valence-electron chi connectivity index (χ2n) is 7.97. The third-order valence-electron chi connectivity index (χ3n) is 5.50. The molecule has 31 heavy (non-hydrogen) atoms. The SMILES string of the molecule is CN1CCN(CC(NC(=O)c2cc(S(=O)(=O)N(C)C)ccc2Cl)c2ccccc2)CC1. The van der Waals surface area contributed by atoms with Crippen LogP contribution in [0.4, 0.5) is 0 Å². The molecule has 7 nitrogen and oxygen atoms in total. The van der Waals surface area contributed by atoms with Gasteiger partial charge in [-0.15, -0.1) is 0 Å². The molecule has 0 radical (unpaired) electrons. The van der Waals surface area contributed by atoms with Crippen LogP contribution in [-0.2, 0) is 10.0 Å². The molecule has 0 aromatic heterocycles. The summed E-state index contributed by atoms with van der Waals surface area (Å²) < 4.78 is 26.1. The molecular weight excluding hydrogens is 436 g/mol. The highest BCUT2D eigenvalue weighted by atomic mass is 35.5. The van der Waals surface area contributed by atoms with Crippen molar-refractivity contribution in [2.75, 3.05) is 53.9 Å². The molecule has 0 spiro atoms. The largest absolute Gasteiger partial charge is 0.344 e. The summed E-state index contributed by atoms with van der Waals surface area (Å²) in [6.07, 6.45) is 0. The molecule has 1 fully saturated rings. The minimum atomic E-state index is -3.68. The van der Waals surface area contributed by atoms with E-state index < -0.39 is 15.9 Å². The number of nitrogens with one attached hydrogen (secondary N) is 1. The first kappa shape index (κ1) is 23.7. The number of benzene rings is 2. The van der Waals surface area contributed by atoms with Gasteiger partial charge in [-0.05, 0) is 30.8 Å². The fraction of sp³-hybridized carbons (Fsp3) is 0.409. The number of amides is 1. The standard InChI is InChI=1S/C22H29ClN4O3S/c1-25(2)31(29,30)18-9-10-20(23)19(15-18)22(28)24-21(17-7-5-4-6-8-17)16-27-13-11-26(3)12-14-27/h4-10,15,21H,11-14,16H2,1-3H3,(H,24,28). The van der Waals surface area contributed by atoms with Crippen molar-refractivity contribution < 1.29 is 13.2 Å². The first-order valence-corrected chi connectivity index (χ1v) is 12.0. The molecular formula is C22H29ClN4O3S. The summed E-state index contributed by atoms with van der Waals surface area (Å²) in [5.74, 6) is -0.399. The van der Waals surface area contributed by atoms with Crippen LogP contribution in [0.2, 0.25) is 5.02 Å². The maximum absolute atomic E-state index is 13.2. The summed E-state index contributed by atoms with van der Waals surface area (Å²) in [6, 6.07) is 13.7. The van der Waals surface area contributed by atoms with Crippen LogP contribution in [0, 0.1) is 0 Å². The molecule has 0 saturated carbocycles. The molecule has 168 valence electrons. The van der Waals surface area contributed by atoms with Crippen LogP contribution < -0.4 is 5.32 Å². The second kappa shape index (κ2) is 10.1. The van der Waals surface area contributed by atoms with Crippen LogP contribution in [-0.4, -0.2) is 82.3 Å². The van der Waals surface area contributed by atoms with Gasteiger partial charge in [0.05, 0.1) is 21.5 Å². The normalized spacial score (nSPS) is 16.9. The maximum Gasteiger partial charge on any atom is 0.253 e. The number of likely N-dealkylation sites (N-methyl/N-ethyl adjacent to an activating group) is 1. The summed E-state index contributed by atoms with van der Waals surface area (Å²) in [4.78, 5) is 17.8. The first-order chi connectivity index (χ1) is 14.7. The lowest BCUT2D eigenvalue weighted by molar-refractivity contribution is 0.0907. The van der Waals surface area contributed by atoms with Crippen LogP contribution in [0.1, 0.15) is 22.0 Å². The minimum Gasteiger partial charge on any atom is -0.344 e. The predicted octanol–water partition coefficient (Wildman–Crippen LogP) is 2.31. The summed E-state index contributed by atoms with van der Waals surface area (Å²) in [5.41, 5.74) is 1.13. The van der Waals surface area contributed by atoms with Crippen molar-refractivity contribution in [3.05, 3.63) is 64.7 Å². The Morgan fingerprint density at radius 1 is 1.10 bits per heavy atom. The molecule has 1 heterocycles. The van der Waals surface area contributed by atoms with Gasteiger partial charge in [0.2, 0.25) is 10.0 Å². The molecule has 1 N–H and O–H groups in total. The van der Waals surface area contributed by atoms with Gasteiger partial charge in [-0.3, -0.25) is 9.69 Å². The van der Waals surface area contributed by atoms with Crippen molar-refractivity contribution in [2.24, 2.45) is 0 Å². The van der Waals surface area contributed by atoms with E-state index in [4.69, 9.17) is 11.6 Å². The van der Waals surface area contributed by atoms with E-state index in [2.05, 4.69) is 22.2 Å². The summed E-state index contributed by atoms with van der Waals surface area (Å²) in [5, 5.41) is 3.28. The van der Waals surface area contributed by atoms with E-state index in [1.165, 1.54) is 32.3 Å². The Hall–Kier alpha value is -1.97. The van der Waals surface area contributed by atoms with Gasteiger partial charge in [-0.1, -0.05) is 41.9 Å². The van der Waals surface area contributed by atoms with Gasteiger partial charge in [0.1, 0.15) is 0 Å². The van der Waals surface area contributed by atoms with Gasteiger partial charge in [0, 0.05) is 46.8 Å². The van der Waals surface area contributed by atoms with Gasteiger partial charge in [-0.25, -0.2) is 12.7 Å². The Labute approximate surface area is 189 Å². The van der Waals surface area contributed by atoms with Crippen LogP contribution >= 0.6 is 11.6 Å². The number of halogens is 1. The van der Waals surface area contributed by atoms with Crippen molar-refractivity contribution in [1.82, 2.24) is 19.4 Å². The van der Waals surface area contributed by atoms with Gasteiger partial charge in [0.15, 0.2) is 0 Å². The van der Waals surface area contributed by atoms with Gasteiger partial charge < -0.3 is 10.2 Å². The van der Waals surface area contributed by atoms with Crippen molar-refractivity contribution in [3.63, 3.8) is 0 Å². The zero-order valence-electron chi connectivity index (χ0n) is 18.1. The van der Waals surface area contributed by atoms with Gasteiger partial charge in [-0.2, -0.15) is 0 Å². The van der Waals surface area contributed by atoms with Crippen molar-refractivity contribution in [2.45, 2.75) is 10.9 Å². The van der Waals surface area contributed by atoms with Crippen molar-refractivity contribution >= 4 is 27.5 Å². The summed E-state index contributed by atoms with van der Waals surface area (Å²) in [6.45, 7) is 4.47. The van der Waals surface area contributed by atoms with E-state index in [-0.39, 0.29) is 21.5 Å². The fourth-order valence-corrected chi connectivity index (χ4v) is 4.63. The van der Waals surface area contributed by atoms with E-state index in [9.17, 15) is 13.2 Å². The van der Waals surface area contributed by atoms with Crippen LogP contribution in [0.5, 0.6) is 0 Å². The number of nitrogens with zero attached hydrogens (tertiary/aromatic N) is 3. The zero-order chi connectivity index (χ0) is 22.6. The Morgan fingerprint density at radius 3 is 2.35 bits per heavy atom. The third kappa shape index (κ3) is 5.84. The average Bonchev–Trinajstić information content (AvgIpc) is 2.75. The molecule has 1 atom stereocenters. The fourth-order valence-electron chi connectivity index (χ4n) is 3.49. The highest BCUT2D eigenvalue weighted by molar-refractivity contribution is 7.89. The molecule has 1 unspecified atom stereocenters. The molecule has 1 amide bonds. The molecule has 9 heteroatoms. The lowest BCUT2D eigenvalue weighted by Gasteiger charge is -2.35. The Balaban J connectivity index is 1.85. The van der Waals surface area contributed by atoms with E-state index in [1.807, 2.05) is 30.3 Å². The number of hydrogen-bond acceptors (Lipinski definition) is 5. The summed E-state index contributed by atoms with van der Waals surface area (Å²) >= 11 is 6.27. The molecule has 1 saturated heterocycles. The quantitative estimate of drug-likeness (QED) is 0.680. The van der Waals surface area contributed by atoms with Gasteiger partial charge in [0.25, 0.3) is 5.91 Å². The Bertz CT molecular complexity index is 1010. The number of hydrogen-bond donors (Lipinski definition) is 1. The molecule has 0 aliphatic carbocycles. The zero-order valence-corrected chi connectivity index (χ0v) is 19.7. The number of carbonyl (C=O) groups excluding carboxylic acids is 1. The van der Waals surface area contributed by atoms with Crippen LogP contribution in [0.15, 0.2) is 53.4 Å². The molecule has 0 bridgehead atoms. The van der Waals surface area contributed by atoms with Crippen LogP contribution in [0.25, 0.3) is 0 Å². The topological polar surface area (TPSA) is 73.0 Å². The number of rotatable bonds is 7. The summed E-state index contributed by atoms with van der Waals surface area (Å²) in [7, 11) is 1.32. The molecule has 2 aromatic carbocycles.